The molecule has 0 aromatic carbocycles. The quantitative estimate of drug-likeness (QED) is 0.739. The van der Waals surface area contributed by atoms with Gasteiger partial charge in [-0.25, -0.2) is 13.1 Å². The molecule has 2 heterocycles. The molecule has 0 aliphatic carbocycles. The van der Waals surface area contributed by atoms with E-state index in [0.717, 1.165) is 43.8 Å². The minimum absolute atomic E-state index is 0. The number of hydrogen-bond acceptors (Lipinski definition) is 5. The molecule has 1 amide bonds. The number of carbonyl (C=O) groups is 1. The number of carbonyl (C=O) groups excluding carboxylic acids is 1. The Balaban J connectivity index is 0.00000288. The van der Waals surface area contributed by atoms with Crippen molar-refractivity contribution in [2.24, 2.45) is 0 Å². The molecule has 1 aliphatic rings. The zero-order chi connectivity index (χ0) is 16.9. The van der Waals surface area contributed by atoms with Crippen molar-refractivity contribution >= 4 is 39.7 Å². The summed E-state index contributed by atoms with van der Waals surface area (Å²) < 4.78 is 28.0. The van der Waals surface area contributed by atoms with Gasteiger partial charge in [0.1, 0.15) is 4.21 Å². The summed E-state index contributed by atoms with van der Waals surface area (Å²) in [5.74, 6) is -0.125. The summed E-state index contributed by atoms with van der Waals surface area (Å²) in [6.45, 7) is 6.93. The van der Waals surface area contributed by atoms with E-state index in [1.165, 1.54) is 18.3 Å². The Hall–Kier alpha value is -0.670. The Morgan fingerprint density at radius 2 is 2.00 bits per heavy atom. The van der Waals surface area contributed by atoms with Crippen LogP contribution in [0.1, 0.15) is 38.0 Å². The summed E-state index contributed by atoms with van der Waals surface area (Å²) in [7, 11) is -3.47. The van der Waals surface area contributed by atoms with Crippen LogP contribution in [-0.2, 0) is 21.4 Å². The van der Waals surface area contributed by atoms with Gasteiger partial charge in [-0.3, -0.25) is 4.79 Å². The molecular weight excluding hydrogens is 370 g/mol. The number of thiophene rings is 1. The van der Waals surface area contributed by atoms with Crippen LogP contribution in [0.3, 0.4) is 0 Å². The molecule has 24 heavy (non-hydrogen) atoms. The van der Waals surface area contributed by atoms with E-state index < -0.39 is 10.0 Å². The maximum atomic E-state index is 12.5. The number of sulfonamides is 1. The SMILES string of the molecule is CCCN1CCC(NS(=O)(=O)c2ccc(CNC(C)=O)s2)CC1.Cl. The molecule has 9 heteroatoms. The first-order valence-electron chi connectivity index (χ1n) is 7.98. The number of rotatable bonds is 7. The summed E-state index contributed by atoms with van der Waals surface area (Å²) >= 11 is 1.20. The Kier molecular flexibility index (Phi) is 8.66. The van der Waals surface area contributed by atoms with Crippen LogP contribution in [0, 0.1) is 0 Å². The van der Waals surface area contributed by atoms with Crippen molar-refractivity contribution in [3.63, 3.8) is 0 Å². The molecule has 0 unspecified atom stereocenters. The molecule has 1 saturated heterocycles. The largest absolute Gasteiger partial charge is 0.351 e. The molecule has 2 N–H and O–H groups in total. The first kappa shape index (κ1) is 21.4. The van der Waals surface area contributed by atoms with Gasteiger partial charge in [-0.05, 0) is 51.0 Å². The minimum atomic E-state index is -3.47. The van der Waals surface area contributed by atoms with Crippen molar-refractivity contribution < 1.29 is 13.2 Å². The molecule has 0 bridgehead atoms. The molecule has 1 fully saturated rings. The molecule has 138 valence electrons. The van der Waals surface area contributed by atoms with Crippen molar-refractivity contribution in [3.8, 4) is 0 Å². The third kappa shape index (κ3) is 6.33. The van der Waals surface area contributed by atoms with Crippen LogP contribution in [0.15, 0.2) is 16.3 Å². The van der Waals surface area contributed by atoms with Gasteiger partial charge < -0.3 is 10.2 Å². The van der Waals surface area contributed by atoms with Crippen molar-refractivity contribution in [2.45, 2.75) is 49.9 Å². The normalized spacial score (nSPS) is 16.6. The van der Waals surface area contributed by atoms with Gasteiger partial charge in [-0.2, -0.15) is 0 Å². The topological polar surface area (TPSA) is 78.5 Å². The number of hydrogen-bond donors (Lipinski definition) is 2. The van der Waals surface area contributed by atoms with Gasteiger partial charge in [0, 0.05) is 17.8 Å². The third-order valence-electron chi connectivity index (χ3n) is 3.86. The monoisotopic (exact) mass is 395 g/mol. The van der Waals surface area contributed by atoms with E-state index in [1.54, 1.807) is 12.1 Å². The van der Waals surface area contributed by atoms with Gasteiger partial charge in [0.05, 0.1) is 6.54 Å². The second-order valence-corrected chi connectivity index (χ2v) is 8.98. The second kappa shape index (κ2) is 9.72. The average molecular weight is 396 g/mol. The van der Waals surface area contributed by atoms with Gasteiger partial charge >= 0.3 is 0 Å². The Labute approximate surface area is 154 Å². The summed E-state index contributed by atoms with van der Waals surface area (Å²) in [6, 6.07) is 3.36. The molecule has 0 radical (unpaired) electrons. The van der Waals surface area contributed by atoms with Gasteiger partial charge in [-0.15, -0.1) is 23.7 Å². The highest BCUT2D eigenvalue weighted by molar-refractivity contribution is 7.91. The lowest BCUT2D eigenvalue weighted by atomic mass is 10.1. The van der Waals surface area contributed by atoms with Crippen molar-refractivity contribution in [1.82, 2.24) is 14.9 Å². The minimum Gasteiger partial charge on any atom is -0.351 e. The van der Waals surface area contributed by atoms with Crippen LogP contribution >= 0.6 is 23.7 Å². The second-order valence-electron chi connectivity index (χ2n) is 5.87. The molecule has 2 rings (SSSR count). The van der Waals surface area contributed by atoms with E-state index in [1.807, 2.05) is 0 Å². The molecule has 0 saturated carbocycles. The van der Waals surface area contributed by atoms with Crippen LogP contribution < -0.4 is 10.0 Å². The predicted molar refractivity (Wildman–Crippen MR) is 99.2 cm³/mol. The van der Waals surface area contributed by atoms with E-state index in [9.17, 15) is 13.2 Å². The summed E-state index contributed by atoms with van der Waals surface area (Å²) in [4.78, 5) is 14.1. The number of nitrogens with zero attached hydrogens (tertiary/aromatic N) is 1. The van der Waals surface area contributed by atoms with Crippen LogP contribution in [0.4, 0.5) is 0 Å². The number of amides is 1. The van der Waals surface area contributed by atoms with Gasteiger partial charge in [0.15, 0.2) is 0 Å². The Morgan fingerprint density at radius 3 is 2.58 bits per heavy atom. The standard InChI is InChI=1S/C15H25N3O3S2.ClH/c1-3-8-18-9-6-13(7-10-18)17-23(20,21)15-5-4-14(22-15)11-16-12(2)19;/h4-5,13,17H,3,6-11H2,1-2H3,(H,16,19);1H. The fraction of sp³-hybridized carbons (Fsp3) is 0.667. The lowest BCUT2D eigenvalue weighted by Crippen LogP contribution is -2.44. The Morgan fingerprint density at radius 1 is 1.33 bits per heavy atom. The molecule has 0 spiro atoms. The molecular formula is C15H26ClN3O3S2. The smallest absolute Gasteiger partial charge is 0.250 e. The Bertz CT molecular complexity index is 626. The fourth-order valence-corrected chi connectivity index (χ4v) is 5.29. The molecule has 6 nitrogen and oxygen atoms in total. The molecule has 1 aliphatic heterocycles. The number of piperidine rings is 1. The first-order valence-corrected chi connectivity index (χ1v) is 10.3. The zero-order valence-corrected chi connectivity index (χ0v) is 16.5. The number of nitrogens with one attached hydrogen (secondary N) is 2. The highest BCUT2D eigenvalue weighted by atomic mass is 35.5. The zero-order valence-electron chi connectivity index (χ0n) is 14.1. The van der Waals surface area contributed by atoms with Gasteiger partial charge in [-0.1, -0.05) is 6.92 Å². The molecule has 1 aromatic heterocycles. The van der Waals surface area contributed by atoms with E-state index in [0.29, 0.717) is 10.8 Å². The number of likely N-dealkylation sites (tertiary alicyclic amines) is 1. The number of halogens is 1. The molecule has 1 aromatic rings. The lowest BCUT2D eigenvalue weighted by molar-refractivity contribution is -0.119. The highest BCUT2D eigenvalue weighted by Crippen LogP contribution is 2.23. The summed E-state index contributed by atoms with van der Waals surface area (Å²) in [6.07, 6.45) is 2.83. The van der Waals surface area contributed by atoms with E-state index in [-0.39, 0.29) is 24.4 Å². The maximum Gasteiger partial charge on any atom is 0.250 e. The van der Waals surface area contributed by atoms with E-state index in [2.05, 4.69) is 21.9 Å². The lowest BCUT2D eigenvalue weighted by Gasteiger charge is -2.31. The average Bonchev–Trinajstić information content (AvgIpc) is 2.97. The van der Waals surface area contributed by atoms with Crippen molar-refractivity contribution in [1.29, 1.82) is 0 Å². The highest BCUT2D eigenvalue weighted by Gasteiger charge is 2.25. The van der Waals surface area contributed by atoms with Crippen LogP contribution in [0.25, 0.3) is 0 Å². The van der Waals surface area contributed by atoms with Crippen molar-refractivity contribution in [3.05, 3.63) is 17.0 Å². The molecule has 0 atom stereocenters. The predicted octanol–water partition coefficient (Wildman–Crippen LogP) is 1.96. The first-order chi connectivity index (χ1) is 10.9. The van der Waals surface area contributed by atoms with E-state index >= 15 is 0 Å². The third-order valence-corrected chi connectivity index (χ3v) is 6.96. The maximum absolute atomic E-state index is 12.5. The van der Waals surface area contributed by atoms with Crippen LogP contribution in [0.2, 0.25) is 0 Å². The summed E-state index contributed by atoms with van der Waals surface area (Å²) in [5.41, 5.74) is 0. The van der Waals surface area contributed by atoms with Gasteiger partial charge in [0.25, 0.3) is 0 Å². The van der Waals surface area contributed by atoms with Gasteiger partial charge in [0.2, 0.25) is 15.9 Å². The van der Waals surface area contributed by atoms with Crippen molar-refractivity contribution in [2.75, 3.05) is 19.6 Å². The van der Waals surface area contributed by atoms with Crippen LogP contribution in [0.5, 0.6) is 0 Å². The van der Waals surface area contributed by atoms with Crippen LogP contribution in [-0.4, -0.2) is 44.9 Å². The summed E-state index contributed by atoms with van der Waals surface area (Å²) in [5, 5.41) is 2.68. The van der Waals surface area contributed by atoms with E-state index in [4.69, 9.17) is 0 Å². The fourth-order valence-electron chi connectivity index (χ4n) is 2.68.